The van der Waals surface area contributed by atoms with E-state index in [0.29, 0.717) is 49.4 Å². The van der Waals surface area contributed by atoms with Crippen LogP contribution in [0.25, 0.3) is 0 Å². The molecule has 2 aromatic rings. The van der Waals surface area contributed by atoms with E-state index in [1.807, 2.05) is 6.92 Å². The molecule has 2 amide bonds. The lowest BCUT2D eigenvalue weighted by atomic mass is 9.91. The van der Waals surface area contributed by atoms with Gasteiger partial charge < -0.3 is 24.8 Å². The van der Waals surface area contributed by atoms with Crippen LogP contribution in [0.2, 0.25) is 0 Å². The van der Waals surface area contributed by atoms with Gasteiger partial charge in [-0.05, 0) is 54.7 Å². The van der Waals surface area contributed by atoms with E-state index in [4.69, 9.17) is 9.47 Å². The molecule has 4 rings (SSSR count). The summed E-state index contributed by atoms with van der Waals surface area (Å²) in [6, 6.07) is 5.85. The molecular weight excluding hydrogens is 479 g/mol. The second kappa shape index (κ2) is 11.4. The van der Waals surface area contributed by atoms with E-state index in [0.717, 1.165) is 16.7 Å². The summed E-state index contributed by atoms with van der Waals surface area (Å²) in [5.41, 5.74) is 3.81. The number of nitrogens with zero attached hydrogens (tertiary/aromatic N) is 1. The predicted octanol–water partition coefficient (Wildman–Crippen LogP) is 2.59. The molecule has 2 aliphatic heterocycles. The number of hydrogen-bond donors (Lipinski definition) is 2. The Labute approximate surface area is 215 Å². The van der Waals surface area contributed by atoms with Crippen LogP contribution in [0.5, 0.6) is 5.75 Å². The van der Waals surface area contributed by atoms with Gasteiger partial charge in [-0.15, -0.1) is 0 Å². The van der Waals surface area contributed by atoms with Crippen LogP contribution in [0.1, 0.15) is 62.2 Å². The van der Waals surface area contributed by atoms with Gasteiger partial charge in [0.1, 0.15) is 11.6 Å². The maximum absolute atomic E-state index is 14.9. The van der Waals surface area contributed by atoms with Gasteiger partial charge >= 0.3 is 0 Å². The summed E-state index contributed by atoms with van der Waals surface area (Å²) in [5, 5.41) is 13.1. The Bertz CT molecular complexity index is 1210. The van der Waals surface area contributed by atoms with Gasteiger partial charge in [0.05, 0.1) is 36.5 Å². The molecule has 0 radical (unpaired) electrons. The lowest BCUT2D eigenvalue weighted by molar-refractivity contribution is -0.128. The van der Waals surface area contributed by atoms with E-state index < -0.39 is 23.7 Å². The van der Waals surface area contributed by atoms with Gasteiger partial charge in [0.2, 0.25) is 5.91 Å². The van der Waals surface area contributed by atoms with Gasteiger partial charge in [-0.3, -0.25) is 14.4 Å². The van der Waals surface area contributed by atoms with Crippen molar-refractivity contribution in [2.24, 2.45) is 0 Å². The number of ether oxygens (including phenoxy) is 2. The molecule has 2 heterocycles. The summed E-state index contributed by atoms with van der Waals surface area (Å²) in [5.74, 6) is -1.01. The van der Waals surface area contributed by atoms with Crippen molar-refractivity contribution in [3.8, 4) is 5.75 Å². The fourth-order valence-corrected chi connectivity index (χ4v) is 4.78. The highest BCUT2D eigenvalue weighted by molar-refractivity contribution is 5.99. The van der Waals surface area contributed by atoms with Crippen molar-refractivity contribution in [3.05, 3.63) is 63.5 Å². The van der Waals surface area contributed by atoms with E-state index in [2.05, 4.69) is 5.32 Å². The van der Waals surface area contributed by atoms with Crippen LogP contribution in [0.4, 0.5) is 4.39 Å². The number of aliphatic hydroxyl groups is 1. The third-order valence-electron chi connectivity index (χ3n) is 7.05. The molecule has 9 heteroatoms. The second-order valence-electron chi connectivity index (χ2n) is 9.83. The third-order valence-corrected chi connectivity index (χ3v) is 7.05. The van der Waals surface area contributed by atoms with Gasteiger partial charge in [0, 0.05) is 45.5 Å². The maximum Gasteiger partial charge on any atom is 0.255 e. The molecule has 0 spiro atoms. The molecule has 37 heavy (non-hydrogen) atoms. The molecule has 0 aromatic heterocycles. The summed E-state index contributed by atoms with van der Waals surface area (Å²) >= 11 is 0. The number of fused-ring (bicyclic) bond motifs is 1. The molecule has 8 nitrogen and oxygen atoms in total. The van der Waals surface area contributed by atoms with Gasteiger partial charge in [0.25, 0.3) is 5.91 Å². The Balaban J connectivity index is 1.54. The molecule has 1 fully saturated rings. The van der Waals surface area contributed by atoms with Crippen LogP contribution in [0.15, 0.2) is 24.3 Å². The van der Waals surface area contributed by atoms with Crippen molar-refractivity contribution >= 4 is 17.6 Å². The van der Waals surface area contributed by atoms with Crippen LogP contribution in [-0.4, -0.2) is 73.7 Å². The van der Waals surface area contributed by atoms with E-state index in [1.165, 1.54) is 17.0 Å². The first-order chi connectivity index (χ1) is 17.7. The fourth-order valence-electron chi connectivity index (χ4n) is 4.78. The molecule has 198 valence electrons. The average molecular weight is 513 g/mol. The number of nitrogens with one attached hydrogen (secondary N) is 1. The number of aliphatic hydroxyl groups excluding tert-OH is 1. The van der Waals surface area contributed by atoms with E-state index in [9.17, 15) is 23.9 Å². The Morgan fingerprint density at radius 1 is 1.14 bits per heavy atom. The first-order valence-electron chi connectivity index (χ1n) is 12.5. The Morgan fingerprint density at radius 2 is 1.92 bits per heavy atom. The molecular formula is C28H33FN2O6. The largest absolute Gasteiger partial charge is 0.492 e. The molecule has 0 bridgehead atoms. The number of halogens is 1. The Kier molecular flexibility index (Phi) is 8.24. The number of rotatable bonds is 8. The fraction of sp³-hybridized carbons (Fsp3) is 0.464. The summed E-state index contributed by atoms with van der Waals surface area (Å²) < 4.78 is 25.9. The van der Waals surface area contributed by atoms with Gasteiger partial charge in [-0.2, -0.15) is 0 Å². The molecule has 2 aliphatic rings. The average Bonchev–Trinajstić information content (AvgIpc) is 3.36. The van der Waals surface area contributed by atoms with E-state index in [-0.39, 0.29) is 36.8 Å². The van der Waals surface area contributed by atoms with Crippen LogP contribution in [0.3, 0.4) is 0 Å². The SMILES string of the molecule is Cc1c(Cc2ccc(C(=O)CCC(=O)N(C)C)c(F)c2)cc(C(=O)N[C@H]2CCOC[C@@H]2O)c2c1CCO2. The zero-order valence-corrected chi connectivity index (χ0v) is 21.4. The van der Waals surface area contributed by atoms with E-state index in [1.54, 1.807) is 26.2 Å². The number of carbonyl (C=O) groups is 3. The molecule has 2 N–H and O–H groups in total. The van der Waals surface area contributed by atoms with Crippen molar-refractivity contribution in [3.63, 3.8) is 0 Å². The first kappa shape index (κ1) is 26.8. The minimum atomic E-state index is -0.776. The summed E-state index contributed by atoms with van der Waals surface area (Å²) in [6.45, 7) is 3.07. The maximum atomic E-state index is 14.9. The van der Waals surface area contributed by atoms with Gasteiger partial charge in [0.15, 0.2) is 5.78 Å². The highest BCUT2D eigenvalue weighted by Crippen LogP contribution is 2.35. The molecule has 0 saturated carbocycles. The van der Waals surface area contributed by atoms with Crippen molar-refractivity contribution in [1.82, 2.24) is 10.2 Å². The first-order valence-corrected chi connectivity index (χ1v) is 12.5. The highest BCUT2D eigenvalue weighted by Gasteiger charge is 2.29. The van der Waals surface area contributed by atoms with Crippen LogP contribution in [0, 0.1) is 12.7 Å². The summed E-state index contributed by atoms with van der Waals surface area (Å²) in [6.07, 6.45) is 0.743. The molecule has 1 saturated heterocycles. The number of ketones is 1. The lowest BCUT2D eigenvalue weighted by Crippen LogP contribution is -2.48. The number of hydrogen-bond acceptors (Lipinski definition) is 6. The molecule has 2 atom stereocenters. The van der Waals surface area contributed by atoms with Crippen molar-refractivity contribution in [1.29, 1.82) is 0 Å². The zero-order valence-electron chi connectivity index (χ0n) is 21.4. The van der Waals surface area contributed by atoms with Crippen molar-refractivity contribution in [2.45, 2.75) is 51.2 Å². The van der Waals surface area contributed by atoms with Crippen LogP contribution < -0.4 is 10.1 Å². The normalized spacial score (nSPS) is 18.6. The van der Waals surface area contributed by atoms with Gasteiger partial charge in [-0.1, -0.05) is 6.07 Å². The van der Waals surface area contributed by atoms with Crippen LogP contribution >= 0.6 is 0 Å². The number of benzene rings is 2. The Morgan fingerprint density at radius 3 is 2.62 bits per heavy atom. The zero-order chi connectivity index (χ0) is 26.7. The minimum Gasteiger partial charge on any atom is -0.492 e. The topological polar surface area (TPSA) is 105 Å². The monoisotopic (exact) mass is 512 g/mol. The van der Waals surface area contributed by atoms with Crippen molar-refractivity contribution < 1.29 is 33.4 Å². The lowest BCUT2D eigenvalue weighted by Gasteiger charge is -2.28. The molecule has 0 unspecified atom stereocenters. The van der Waals surface area contributed by atoms with Crippen LogP contribution in [-0.2, 0) is 22.4 Å². The smallest absolute Gasteiger partial charge is 0.255 e. The van der Waals surface area contributed by atoms with Gasteiger partial charge in [-0.25, -0.2) is 4.39 Å². The minimum absolute atomic E-state index is 0.0270. The standard InChI is InChI=1S/C28H33FN2O6/c1-16-18(12-17-4-5-20(22(29)13-17)24(32)6-7-26(34)31(2)3)14-21(27-19(16)8-11-37-27)28(35)30-23-9-10-36-15-25(23)33/h4-5,13-14,23,25,33H,6-12,15H2,1-3H3,(H,30,35)/t23-,25-/m0/s1. The third kappa shape index (κ3) is 5.99. The second-order valence-corrected chi connectivity index (χ2v) is 9.83. The molecule has 0 aliphatic carbocycles. The Hall–Kier alpha value is -3.30. The quantitative estimate of drug-likeness (QED) is 0.527. The number of carbonyl (C=O) groups excluding carboxylic acids is 3. The summed E-state index contributed by atoms with van der Waals surface area (Å²) in [7, 11) is 3.22. The summed E-state index contributed by atoms with van der Waals surface area (Å²) in [4.78, 5) is 38.8. The van der Waals surface area contributed by atoms with Crippen molar-refractivity contribution in [2.75, 3.05) is 33.9 Å². The number of Topliss-reactive ketones (excluding diaryl/α,β-unsaturated/α-hetero) is 1. The predicted molar refractivity (Wildman–Crippen MR) is 135 cm³/mol. The highest BCUT2D eigenvalue weighted by atomic mass is 19.1. The molecule has 2 aromatic carbocycles. The number of amides is 2. The van der Waals surface area contributed by atoms with E-state index >= 15 is 0 Å².